The van der Waals surface area contributed by atoms with Crippen molar-refractivity contribution in [2.45, 2.75) is 134 Å². The van der Waals surface area contributed by atoms with Crippen molar-refractivity contribution < 1.29 is 33.5 Å². The summed E-state index contributed by atoms with van der Waals surface area (Å²) in [6.07, 6.45) is 3.98. The average molecular weight is 1210 g/mol. The van der Waals surface area contributed by atoms with Crippen LogP contribution in [0.3, 0.4) is 0 Å². The van der Waals surface area contributed by atoms with Gasteiger partial charge in [0.2, 0.25) is 29.5 Å². The fourth-order valence-corrected chi connectivity index (χ4v) is 12.4. The summed E-state index contributed by atoms with van der Waals surface area (Å²) >= 11 is 12.1. The highest BCUT2D eigenvalue weighted by Crippen LogP contribution is 2.27. The molecule has 1 unspecified atom stereocenters. The van der Waals surface area contributed by atoms with Crippen LogP contribution in [-0.2, 0) is 54.4 Å². The van der Waals surface area contributed by atoms with Crippen molar-refractivity contribution in [1.29, 1.82) is 0 Å². The van der Waals surface area contributed by atoms with Gasteiger partial charge in [-0.2, -0.15) is 0 Å². The van der Waals surface area contributed by atoms with E-state index in [0.717, 1.165) is 39.4 Å². The summed E-state index contributed by atoms with van der Waals surface area (Å²) in [5.74, 6) is -0.665. The first-order valence-corrected chi connectivity index (χ1v) is 31.0. The van der Waals surface area contributed by atoms with Crippen molar-refractivity contribution in [2.75, 3.05) is 59.9 Å². The van der Waals surface area contributed by atoms with E-state index in [1.807, 2.05) is 77.4 Å². The maximum atomic E-state index is 14.5. The number of fused-ring (bicyclic) bond motifs is 2. The Morgan fingerprint density at radius 3 is 1.45 bits per heavy atom. The molecule has 6 amide bonds. The van der Waals surface area contributed by atoms with Gasteiger partial charge in [0.05, 0.1) is 18.1 Å². The Hall–Kier alpha value is -7.08. The molecule has 0 saturated carbocycles. The number of halogens is 2. The largest absolute Gasteiger partial charge is 0.444 e. The van der Waals surface area contributed by atoms with Crippen LogP contribution in [0.4, 0.5) is 4.79 Å². The number of benzene rings is 6. The second-order valence-electron chi connectivity index (χ2n) is 23.9. The summed E-state index contributed by atoms with van der Waals surface area (Å²) in [5, 5.41) is 14.6. The normalized spacial score (nSPS) is 19.0. The summed E-state index contributed by atoms with van der Waals surface area (Å²) in [5.41, 5.74) is 9.68. The summed E-state index contributed by atoms with van der Waals surface area (Å²) < 4.78 is 5.58. The molecule has 7 atom stereocenters. The van der Waals surface area contributed by atoms with E-state index in [1.165, 1.54) is 15.7 Å². The van der Waals surface area contributed by atoms with Crippen molar-refractivity contribution in [3.8, 4) is 0 Å². The third-order valence-electron chi connectivity index (χ3n) is 16.8. The number of rotatable bonds is 18. The molecule has 3 fully saturated rings. The van der Waals surface area contributed by atoms with Gasteiger partial charge in [0.25, 0.3) is 0 Å². The number of hydrogen-bond acceptors (Lipinski definition) is 10. The Morgan fingerprint density at radius 2 is 1.00 bits per heavy atom. The first-order chi connectivity index (χ1) is 41.2. The van der Waals surface area contributed by atoms with E-state index in [2.05, 4.69) is 93.3 Å². The van der Waals surface area contributed by atoms with Crippen molar-refractivity contribution in [3.63, 3.8) is 0 Å². The maximum Gasteiger partial charge on any atom is 0.410 e. The van der Waals surface area contributed by atoms with Crippen LogP contribution in [0.25, 0.3) is 21.5 Å². The van der Waals surface area contributed by atoms with Gasteiger partial charge in [-0.3, -0.25) is 38.7 Å². The number of nitrogens with one attached hydrogen (secondary N) is 3. The van der Waals surface area contributed by atoms with Crippen LogP contribution in [-0.4, -0.2) is 168 Å². The first-order valence-electron chi connectivity index (χ1n) is 30.3. The molecule has 9 rings (SSSR count). The van der Waals surface area contributed by atoms with Gasteiger partial charge in [0.15, 0.2) is 0 Å². The molecule has 0 aliphatic carbocycles. The number of nitrogens with zero attached hydrogens (tertiary/aromatic N) is 5. The van der Waals surface area contributed by atoms with E-state index in [9.17, 15) is 28.8 Å². The Balaban J connectivity index is 0.000000236. The predicted molar refractivity (Wildman–Crippen MR) is 342 cm³/mol. The molecule has 458 valence electrons. The Kier molecular flexibility index (Phi) is 22.7. The maximum absolute atomic E-state index is 14.5. The van der Waals surface area contributed by atoms with Gasteiger partial charge in [0, 0.05) is 88.5 Å². The van der Waals surface area contributed by atoms with Gasteiger partial charge in [-0.1, -0.05) is 146 Å². The number of nitrogens with two attached hydrogens (primary N) is 1. The zero-order valence-electron chi connectivity index (χ0n) is 50.8. The summed E-state index contributed by atoms with van der Waals surface area (Å²) in [7, 11) is 3.34. The fourth-order valence-electron chi connectivity index (χ4n) is 12.2. The van der Waals surface area contributed by atoms with Crippen LogP contribution in [0.2, 0.25) is 10.0 Å². The molecule has 3 saturated heterocycles. The second-order valence-corrected chi connectivity index (χ2v) is 24.7. The number of carbonyl (C=O) groups is 6. The first kappa shape index (κ1) is 64.9. The third kappa shape index (κ3) is 16.9. The van der Waals surface area contributed by atoms with Crippen LogP contribution in [0, 0.1) is 0 Å². The lowest BCUT2D eigenvalue weighted by molar-refractivity contribution is -0.143. The number of ether oxygens (including phenoxy) is 1. The second kappa shape index (κ2) is 30.0. The minimum atomic E-state index is -0.863. The van der Waals surface area contributed by atoms with Crippen LogP contribution in [0.5, 0.6) is 0 Å². The van der Waals surface area contributed by atoms with Gasteiger partial charge in [0.1, 0.15) is 17.7 Å². The number of likely N-dealkylation sites (tertiary alicyclic amines) is 1. The minimum absolute atomic E-state index is 0.00257. The van der Waals surface area contributed by atoms with Crippen LogP contribution >= 0.6 is 23.2 Å². The van der Waals surface area contributed by atoms with Gasteiger partial charge in [-0.15, -0.1) is 0 Å². The Labute approximate surface area is 517 Å². The van der Waals surface area contributed by atoms with Gasteiger partial charge in [-0.25, -0.2) is 4.79 Å². The number of piperazine rings is 2. The summed E-state index contributed by atoms with van der Waals surface area (Å²) in [6, 6.07) is 40.7. The molecule has 86 heavy (non-hydrogen) atoms. The Bertz CT molecular complexity index is 3310. The molecule has 16 nitrogen and oxygen atoms in total. The number of likely N-dealkylation sites (N-methyl/N-ethyl adjacent to an activating group) is 2. The van der Waals surface area contributed by atoms with Crippen molar-refractivity contribution >= 4 is 80.4 Å². The van der Waals surface area contributed by atoms with E-state index in [4.69, 9.17) is 33.7 Å². The molecule has 0 aromatic heterocycles. The predicted octanol–water partition coefficient (Wildman–Crippen LogP) is 8.84. The van der Waals surface area contributed by atoms with E-state index in [1.54, 1.807) is 47.0 Å². The molecule has 18 heteroatoms. The van der Waals surface area contributed by atoms with Crippen molar-refractivity contribution in [2.24, 2.45) is 5.73 Å². The lowest BCUT2D eigenvalue weighted by Crippen LogP contribution is -2.63. The average Bonchev–Trinajstić information content (AvgIpc) is 3.54. The summed E-state index contributed by atoms with van der Waals surface area (Å²) in [6.45, 7) is 13.2. The molecular formula is C68H85Cl2N9O7. The lowest BCUT2D eigenvalue weighted by Gasteiger charge is -2.45. The van der Waals surface area contributed by atoms with Gasteiger partial charge < -0.3 is 36.2 Å². The van der Waals surface area contributed by atoms with Crippen LogP contribution in [0.1, 0.15) is 82.6 Å². The highest BCUT2D eigenvalue weighted by molar-refractivity contribution is 6.30. The highest BCUT2D eigenvalue weighted by atomic mass is 35.5. The molecule has 3 aliphatic heterocycles. The molecule has 3 heterocycles. The minimum Gasteiger partial charge on any atom is -0.444 e. The van der Waals surface area contributed by atoms with E-state index in [-0.39, 0.29) is 54.1 Å². The fraction of sp³-hybridized carbons (Fsp3) is 0.441. The van der Waals surface area contributed by atoms with Crippen molar-refractivity contribution in [1.82, 2.24) is 40.4 Å². The van der Waals surface area contributed by atoms with E-state index >= 15 is 0 Å². The van der Waals surface area contributed by atoms with Crippen LogP contribution < -0.4 is 21.7 Å². The highest BCUT2D eigenvalue weighted by Gasteiger charge is 2.42. The Morgan fingerprint density at radius 1 is 0.558 bits per heavy atom. The molecule has 6 aromatic rings. The molecular weight excluding hydrogens is 1130 g/mol. The molecule has 0 bridgehead atoms. The van der Waals surface area contributed by atoms with Gasteiger partial charge >= 0.3 is 6.09 Å². The lowest BCUT2D eigenvalue weighted by atomic mass is 9.97. The quantitative estimate of drug-likeness (QED) is 0.0647. The van der Waals surface area contributed by atoms with E-state index < -0.39 is 35.9 Å². The molecule has 6 aromatic carbocycles. The monoisotopic (exact) mass is 1210 g/mol. The third-order valence-corrected chi connectivity index (χ3v) is 17.3. The number of hydrogen-bond donors (Lipinski definition) is 4. The number of amides is 6. The van der Waals surface area contributed by atoms with Gasteiger partial charge in [-0.05, 0) is 134 Å². The number of carbonyl (C=O) groups excluding carboxylic acids is 6. The zero-order valence-corrected chi connectivity index (χ0v) is 52.3. The van der Waals surface area contributed by atoms with Crippen molar-refractivity contribution in [3.05, 3.63) is 166 Å². The zero-order chi connectivity index (χ0) is 61.7. The molecule has 3 aliphatic rings. The van der Waals surface area contributed by atoms with Crippen LogP contribution in [0.15, 0.2) is 133 Å². The summed E-state index contributed by atoms with van der Waals surface area (Å²) in [4.78, 5) is 90.4. The molecule has 0 radical (unpaired) electrons. The topological polar surface area (TPSA) is 190 Å². The molecule has 5 N–H and O–H groups in total. The standard InChI is InChI=1S/C39H50ClN5O5.C29H35ClN4O2/c1-6-31-25-43(34(35(46)41-5)24-27-13-16-28-10-7-8-11-29(28)22-27)20-21-44(31)37(48)32(23-26-14-17-30(40)18-15-26)42-36(47)33-12-9-19-45(33)38(49)50-39(2,3)4;1-3-25-19-33(14-15-34(25)29(36)26(31)17-20-9-12-24(30)13-10-20)27(28(35)32-2)18-21-8-11-22-6-4-5-7-23(22)16-21/h7-8,10-11,13-18,22,31-34H,6,9,12,19-21,23-25H2,1-5H3,(H,41,46)(H,42,47);4-13,16,25-27H,3,14-15,17-19,31H2,1-2H3,(H,32,35)/t31-,32+,33?,34-;25-,26+,27-/m00/s1. The molecule has 0 spiro atoms. The smallest absolute Gasteiger partial charge is 0.410 e. The SMILES string of the molecule is CC[C@H]1CN([C@@H](Cc2ccc3ccccc3c2)C(=O)NC)CCN1C(=O)[C@@H](Cc1ccc(Cl)cc1)NC(=O)C1CCCN1C(=O)OC(C)(C)C.CC[C@H]1CN([C@@H](Cc2ccc3ccccc3c2)C(=O)NC)CCN1C(=O)[C@H](N)Cc1ccc(Cl)cc1. The van der Waals surface area contributed by atoms with E-state index in [0.29, 0.717) is 94.4 Å².